The molecule has 1 amide bonds. The Labute approximate surface area is 173 Å². The number of H-pyrrole nitrogens is 1. The van der Waals surface area contributed by atoms with Crippen LogP contribution in [0.3, 0.4) is 0 Å². The van der Waals surface area contributed by atoms with E-state index in [0.29, 0.717) is 38.1 Å². The molecule has 7 heteroatoms. The van der Waals surface area contributed by atoms with Crippen molar-refractivity contribution in [3.8, 4) is 5.75 Å². The second-order valence-corrected chi connectivity index (χ2v) is 7.85. The van der Waals surface area contributed by atoms with Crippen molar-refractivity contribution in [1.82, 2.24) is 10.3 Å². The Bertz CT molecular complexity index is 981. The summed E-state index contributed by atoms with van der Waals surface area (Å²) in [6, 6.07) is 13.6. The van der Waals surface area contributed by atoms with Crippen molar-refractivity contribution in [3.63, 3.8) is 0 Å². The van der Waals surface area contributed by atoms with Crippen LogP contribution >= 0.6 is 11.3 Å². The molecule has 0 aliphatic carbocycles. The molecule has 0 fully saturated rings. The van der Waals surface area contributed by atoms with Gasteiger partial charge in [0.2, 0.25) is 5.91 Å². The van der Waals surface area contributed by atoms with E-state index in [4.69, 9.17) is 4.74 Å². The highest BCUT2D eigenvalue weighted by Crippen LogP contribution is 2.27. The van der Waals surface area contributed by atoms with E-state index in [1.54, 1.807) is 12.1 Å². The number of ether oxygens (including phenoxy) is 1. The van der Waals surface area contributed by atoms with Gasteiger partial charge in [-0.05, 0) is 42.9 Å². The van der Waals surface area contributed by atoms with Crippen molar-refractivity contribution in [2.45, 2.75) is 32.1 Å². The molecule has 0 spiro atoms. The fourth-order valence-electron chi connectivity index (χ4n) is 3.12. The van der Waals surface area contributed by atoms with Crippen LogP contribution in [0.1, 0.15) is 30.4 Å². The Kier molecular flexibility index (Phi) is 7.84. The monoisotopic (exact) mass is 414 g/mol. The number of carbonyl (C=O) groups is 1. The summed E-state index contributed by atoms with van der Waals surface area (Å²) in [5, 5.41) is 12.7. The molecule has 3 N–H and O–H groups in total. The van der Waals surface area contributed by atoms with Crippen molar-refractivity contribution >= 4 is 27.5 Å². The van der Waals surface area contributed by atoms with Gasteiger partial charge in [-0.3, -0.25) is 9.59 Å². The lowest BCUT2D eigenvalue weighted by Gasteiger charge is -2.07. The van der Waals surface area contributed by atoms with Crippen LogP contribution in [-0.2, 0) is 22.4 Å². The molecule has 1 heterocycles. The fourth-order valence-corrected chi connectivity index (χ4v) is 4.02. The molecule has 0 aliphatic heterocycles. The van der Waals surface area contributed by atoms with Crippen LogP contribution < -0.4 is 10.2 Å². The van der Waals surface area contributed by atoms with Gasteiger partial charge in [0.25, 0.3) is 0 Å². The van der Waals surface area contributed by atoms with Crippen molar-refractivity contribution < 1.29 is 14.6 Å². The van der Waals surface area contributed by atoms with Crippen molar-refractivity contribution in [2.75, 3.05) is 19.8 Å². The highest BCUT2D eigenvalue weighted by atomic mass is 32.1. The Hall–Kier alpha value is -2.64. The predicted octanol–water partition coefficient (Wildman–Crippen LogP) is 3.38. The zero-order valence-corrected chi connectivity index (χ0v) is 17.1. The molecule has 0 aliphatic rings. The van der Waals surface area contributed by atoms with Gasteiger partial charge in [0.15, 0.2) is 0 Å². The number of phenolic OH excluding ortho intramolecular Hbond substituents is 1. The summed E-state index contributed by atoms with van der Waals surface area (Å²) in [6.45, 7) is 1.86. The van der Waals surface area contributed by atoms with Gasteiger partial charge in [0.1, 0.15) is 11.3 Å². The summed E-state index contributed by atoms with van der Waals surface area (Å²) in [5.74, 6) is 0.0867. The second kappa shape index (κ2) is 10.8. The van der Waals surface area contributed by atoms with Crippen LogP contribution in [0.2, 0.25) is 0 Å². The molecule has 0 atom stereocenters. The number of unbranched alkanes of at least 4 members (excludes halogenated alkanes) is 1. The first-order valence-corrected chi connectivity index (χ1v) is 10.7. The number of aromatic hydroxyl groups is 1. The van der Waals surface area contributed by atoms with Gasteiger partial charge in [-0.1, -0.05) is 47.7 Å². The van der Waals surface area contributed by atoms with E-state index in [-0.39, 0.29) is 16.5 Å². The van der Waals surface area contributed by atoms with Crippen LogP contribution in [0.5, 0.6) is 5.75 Å². The van der Waals surface area contributed by atoms with Crippen LogP contribution in [0.15, 0.2) is 47.3 Å². The maximum Gasteiger partial charge on any atom is 0.305 e. The van der Waals surface area contributed by atoms with Crippen LogP contribution in [0.25, 0.3) is 10.2 Å². The summed E-state index contributed by atoms with van der Waals surface area (Å²) in [4.78, 5) is 26.0. The highest BCUT2D eigenvalue weighted by molar-refractivity contribution is 7.16. The molecule has 2 aromatic carbocycles. The molecule has 1 aromatic heterocycles. The van der Waals surface area contributed by atoms with Gasteiger partial charge in [-0.15, -0.1) is 0 Å². The first-order chi connectivity index (χ1) is 14.1. The molecule has 0 saturated heterocycles. The number of carbonyl (C=O) groups excluding carboxylic acids is 1. The minimum atomic E-state index is -0.197. The van der Waals surface area contributed by atoms with E-state index in [2.05, 4.69) is 22.4 Å². The molecule has 6 nitrogen and oxygen atoms in total. The Morgan fingerprint density at radius 2 is 1.90 bits per heavy atom. The molecule has 0 unspecified atom stereocenters. The fraction of sp³-hybridized carbons (Fsp3) is 0.364. The number of thiazole rings is 1. The second-order valence-electron chi connectivity index (χ2n) is 6.87. The number of amides is 1. The number of benzene rings is 2. The van der Waals surface area contributed by atoms with Gasteiger partial charge in [0, 0.05) is 19.6 Å². The SMILES string of the molecule is O=C(CCCCOCCc1ccccc1)NCCc1ccc(O)c2[nH]c(=O)sc12. The van der Waals surface area contributed by atoms with E-state index in [1.807, 2.05) is 18.2 Å². The van der Waals surface area contributed by atoms with Crippen molar-refractivity contribution in [3.05, 3.63) is 63.3 Å². The summed E-state index contributed by atoms with van der Waals surface area (Å²) in [5.41, 5.74) is 2.68. The third-order valence-corrected chi connectivity index (χ3v) is 5.63. The Morgan fingerprint density at radius 3 is 2.72 bits per heavy atom. The van der Waals surface area contributed by atoms with Crippen molar-refractivity contribution in [1.29, 1.82) is 0 Å². The third kappa shape index (κ3) is 6.44. The standard InChI is InChI=1S/C22H26N2O4S/c25-18-10-9-17(21-20(18)24-22(27)29-21)11-13-23-19(26)8-4-5-14-28-15-12-16-6-2-1-3-7-16/h1-3,6-7,9-10,25H,4-5,8,11-15H2,(H,23,26)(H,24,27). The number of fused-ring (bicyclic) bond motifs is 1. The lowest BCUT2D eigenvalue weighted by atomic mass is 10.1. The molecule has 3 rings (SSSR count). The lowest BCUT2D eigenvalue weighted by Crippen LogP contribution is -2.25. The topological polar surface area (TPSA) is 91.4 Å². The van der Waals surface area contributed by atoms with Crippen LogP contribution in [0, 0.1) is 0 Å². The largest absolute Gasteiger partial charge is 0.506 e. The van der Waals surface area contributed by atoms with E-state index in [9.17, 15) is 14.7 Å². The average molecular weight is 415 g/mol. The summed E-state index contributed by atoms with van der Waals surface area (Å²) in [6.07, 6.45) is 3.64. The molecule has 29 heavy (non-hydrogen) atoms. The van der Waals surface area contributed by atoms with Gasteiger partial charge in [0.05, 0.1) is 11.3 Å². The molecule has 0 bridgehead atoms. The first kappa shape index (κ1) is 21.1. The first-order valence-electron chi connectivity index (χ1n) is 9.85. The smallest absolute Gasteiger partial charge is 0.305 e. The molecule has 0 radical (unpaired) electrons. The summed E-state index contributed by atoms with van der Waals surface area (Å²) in [7, 11) is 0. The molecular weight excluding hydrogens is 388 g/mol. The van der Waals surface area contributed by atoms with E-state index >= 15 is 0 Å². The molecule has 3 aromatic rings. The molecule has 154 valence electrons. The van der Waals surface area contributed by atoms with Gasteiger partial charge in [-0.2, -0.15) is 0 Å². The highest BCUT2D eigenvalue weighted by Gasteiger charge is 2.10. The molecule has 0 saturated carbocycles. The number of aromatic nitrogens is 1. The predicted molar refractivity (Wildman–Crippen MR) is 116 cm³/mol. The number of aromatic amines is 1. The number of hydrogen-bond donors (Lipinski definition) is 3. The number of nitrogens with one attached hydrogen (secondary N) is 2. The van der Waals surface area contributed by atoms with E-state index in [1.165, 1.54) is 5.56 Å². The van der Waals surface area contributed by atoms with Crippen molar-refractivity contribution in [2.24, 2.45) is 0 Å². The minimum absolute atomic E-state index is 0.0200. The normalized spacial score (nSPS) is 11.0. The summed E-state index contributed by atoms with van der Waals surface area (Å²) >= 11 is 1.08. The maximum atomic E-state index is 12.0. The van der Waals surface area contributed by atoms with E-state index < -0.39 is 0 Å². The maximum absolute atomic E-state index is 12.0. The van der Waals surface area contributed by atoms with E-state index in [0.717, 1.165) is 40.9 Å². The molecular formula is C22H26N2O4S. The number of phenols is 1. The van der Waals surface area contributed by atoms with Gasteiger partial charge < -0.3 is 20.1 Å². The zero-order chi connectivity index (χ0) is 20.5. The quantitative estimate of drug-likeness (QED) is 0.420. The number of rotatable bonds is 11. The van der Waals surface area contributed by atoms with Crippen LogP contribution in [0.4, 0.5) is 0 Å². The average Bonchev–Trinajstić information content (AvgIpc) is 3.12. The zero-order valence-electron chi connectivity index (χ0n) is 16.3. The minimum Gasteiger partial charge on any atom is -0.506 e. The van der Waals surface area contributed by atoms with Gasteiger partial charge >= 0.3 is 4.87 Å². The summed E-state index contributed by atoms with van der Waals surface area (Å²) < 4.78 is 6.38. The third-order valence-electron chi connectivity index (χ3n) is 4.68. The lowest BCUT2D eigenvalue weighted by molar-refractivity contribution is -0.121. The Balaban J connectivity index is 1.28. The number of hydrogen-bond acceptors (Lipinski definition) is 5. The Morgan fingerprint density at radius 1 is 1.07 bits per heavy atom. The van der Waals surface area contributed by atoms with Crippen LogP contribution in [-0.4, -0.2) is 35.8 Å². The van der Waals surface area contributed by atoms with Gasteiger partial charge in [-0.25, -0.2) is 0 Å².